The average Bonchev–Trinajstić information content (AvgIpc) is 1.39. The highest BCUT2D eigenvalue weighted by Gasteiger charge is 2.43. The smallest absolute Gasteiger partial charge is 0.179 e. The van der Waals surface area contributed by atoms with Crippen molar-refractivity contribution in [1.29, 1.82) is 0 Å². The van der Waals surface area contributed by atoms with Crippen LogP contribution >= 0.6 is 0 Å². The molecule has 0 N–H and O–H groups in total. The van der Waals surface area contributed by atoms with Gasteiger partial charge >= 0.3 is 0 Å². The molecule has 0 saturated carbocycles. The van der Waals surface area contributed by atoms with Gasteiger partial charge in [-0.2, -0.15) is 0 Å². The molecule has 8 heteroatoms. The second-order valence-electron chi connectivity index (χ2n) is 35.8. The Morgan fingerprint density at radius 3 is 0.688 bits per heavy atom. The summed E-state index contributed by atoms with van der Waals surface area (Å²) in [6.45, 7) is 0. The summed E-state index contributed by atoms with van der Waals surface area (Å²) in [7, 11) is -5.57. The lowest BCUT2D eigenvalue weighted by Gasteiger charge is -2.34. The van der Waals surface area contributed by atoms with E-state index in [2.05, 4.69) is 564 Å². The van der Waals surface area contributed by atoms with Gasteiger partial charge < -0.3 is 9.13 Å². The number of para-hydroxylation sites is 6. The molecule has 6 heterocycles. The van der Waals surface area contributed by atoms with E-state index >= 15 is 0 Å². The maximum absolute atomic E-state index is 5.66. The first kappa shape index (κ1) is 82.3. The van der Waals surface area contributed by atoms with Crippen molar-refractivity contribution in [2.75, 3.05) is 0 Å². The molecular weight excluding hydrogens is 1700 g/mol. The second kappa shape index (κ2) is 35.1. The van der Waals surface area contributed by atoms with E-state index in [0.29, 0.717) is 0 Å². The minimum atomic E-state index is -2.79. The van der Waals surface area contributed by atoms with Crippen molar-refractivity contribution >= 4 is 145 Å². The molecule has 0 atom stereocenters. The zero-order valence-corrected chi connectivity index (χ0v) is 77.6. The Bertz CT molecular complexity index is 8320. The largest absolute Gasteiger partial charge is 0.309 e. The Balaban J connectivity index is 0.000000146. The molecule has 0 unspecified atom stereocenters. The van der Waals surface area contributed by atoms with Crippen molar-refractivity contribution < 1.29 is 0 Å². The predicted molar refractivity (Wildman–Crippen MR) is 586 cm³/mol. The van der Waals surface area contributed by atoms with Gasteiger partial charge in [0, 0.05) is 65.6 Å². The number of aromatic nitrogens is 6. The molecule has 0 spiro atoms. The highest BCUT2D eigenvalue weighted by Crippen LogP contribution is 2.43. The normalized spacial score (nSPS) is 11.8. The molecule has 26 rings (SSSR count). The van der Waals surface area contributed by atoms with Gasteiger partial charge in [-0.15, -0.1) is 0 Å². The lowest BCUT2D eigenvalue weighted by molar-refractivity contribution is 1.08. The summed E-state index contributed by atoms with van der Waals surface area (Å²) in [6.07, 6.45) is 0. The zero-order chi connectivity index (χ0) is 91.5. The number of pyridine rings is 2. The van der Waals surface area contributed by atoms with E-state index in [9.17, 15) is 0 Å². The second-order valence-corrected chi connectivity index (χ2v) is 43.4. The Labute approximate surface area is 803 Å². The van der Waals surface area contributed by atoms with Crippen LogP contribution in [0.5, 0.6) is 0 Å². The van der Waals surface area contributed by atoms with Crippen LogP contribution in [-0.2, 0) is 0 Å². The van der Waals surface area contributed by atoms with Gasteiger partial charge in [0.25, 0.3) is 0 Å². The Hall–Kier alpha value is -17.7. The third kappa shape index (κ3) is 14.2. The molecule has 26 aromatic rings. The Morgan fingerprint density at radius 2 is 0.355 bits per heavy atom. The number of rotatable bonds is 18. The van der Waals surface area contributed by atoms with Gasteiger partial charge in [-0.25, -0.2) is 9.97 Å². The third-order valence-electron chi connectivity index (χ3n) is 28.1. The van der Waals surface area contributed by atoms with E-state index < -0.39 is 16.1 Å². The summed E-state index contributed by atoms with van der Waals surface area (Å²) in [5, 5.41) is 20.4. The highest BCUT2D eigenvalue weighted by molar-refractivity contribution is 7.20. The fourth-order valence-corrected chi connectivity index (χ4v) is 31.5. The highest BCUT2D eigenvalue weighted by atomic mass is 28.3. The molecule has 6 aromatic heterocycles. The summed E-state index contributed by atoms with van der Waals surface area (Å²) >= 11 is 0. The molecule has 0 saturated heterocycles. The summed E-state index contributed by atoms with van der Waals surface area (Å²) in [5.41, 5.74) is 24.8. The van der Waals surface area contributed by atoms with E-state index in [4.69, 9.17) is 9.97 Å². The van der Waals surface area contributed by atoms with Gasteiger partial charge in [0.05, 0.1) is 55.5 Å². The topological polar surface area (TPSA) is 45.5 Å². The Morgan fingerprint density at radius 1 is 0.130 bits per heavy atom. The van der Waals surface area contributed by atoms with E-state index in [0.717, 1.165) is 89.8 Å². The van der Waals surface area contributed by atoms with Crippen LogP contribution in [0.1, 0.15) is 0 Å². The molecule has 0 bridgehead atoms. The lowest BCUT2D eigenvalue weighted by Crippen LogP contribution is -2.74. The molecule has 0 radical (unpaired) electrons. The van der Waals surface area contributed by atoms with Crippen LogP contribution in [0.3, 0.4) is 0 Å². The predicted octanol–water partition coefficient (Wildman–Crippen LogP) is 27.3. The molecule has 0 fully saturated rings. The molecule has 138 heavy (non-hydrogen) atoms. The molecule has 6 nitrogen and oxygen atoms in total. The average molecular weight is 1790 g/mol. The van der Waals surface area contributed by atoms with Gasteiger partial charge in [-0.3, -0.25) is 9.13 Å². The summed E-state index contributed by atoms with van der Waals surface area (Å²) < 4.78 is 9.48. The fraction of sp³-hybridized carbons (Fsp3) is 0. The maximum Gasteiger partial charge on any atom is 0.179 e. The molecular formula is C130H90N6Si2. The number of benzene rings is 20. The van der Waals surface area contributed by atoms with Crippen molar-refractivity contribution in [1.82, 2.24) is 28.2 Å². The van der Waals surface area contributed by atoms with Crippen LogP contribution < -0.4 is 41.5 Å². The minimum absolute atomic E-state index is 0.878. The van der Waals surface area contributed by atoms with Gasteiger partial charge in [-0.05, 0) is 207 Å². The monoisotopic (exact) mass is 1790 g/mol. The Kier molecular flexibility index (Phi) is 20.9. The van der Waals surface area contributed by atoms with Gasteiger partial charge in [0.2, 0.25) is 0 Å². The number of fused-ring (bicyclic) bond motifs is 12. The number of hydrogen-bond acceptors (Lipinski definition) is 2. The van der Waals surface area contributed by atoms with Crippen molar-refractivity contribution in [2.24, 2.45) is 0 Å². The number of hydrogen-bond donors (Lipinski definition) is 0. The molecule has 0 aliphatic rings. The minimum Gasteiger partial charge on any atom is -0.309 e. The van der Waals surface area contributed by atoms with E-state index in [1.165, 1.54) is 129 Å². The van der Waals surface area contributed by atoms with E-state index in [-0.39, 0.29) is 0 Å². The SMILES string of the molecule is c1ccc(-c2cc(-c3cccc([Si](c4ccccc4)(c4ccccc4)c4ccccc4)c3)cc(-n3c4ccccc4c4cc(-c5ccc6c(c5)c5ccccc5n6-c5ccccc5)ccc43)n2)cc1.c1ccc(-c2cc(-c3cccc([Si](c4ccccc4)(c4ccccc4)c4ccccc4)c3)nc(-n3c4ccccc4c4cc(-c5ccc6c(c5)c5ccccc5n6-c5ccccc5)ccc43)c2)cc1. The number of nitrogens with zero attached hydrogens (tertiary/aromatic N) is 6. The van der Waals surface area contributed by atoms with Crippen LogP contribution in [0, 0.1) is 0 Å². The third-order valence-corrected chi connectivity index (χ3v) is 37.7. The zero-order valence-electron chi connectivity index (χ0n) is 75.6. The molecule has 0 aliphatic heterocycles. The van der Waals surface area contributed by atoms with Crippen LogP contribution in [0.15, 0.2) is 546 Å². The van der Waals surface area contributed by atoms with Crippen molar-refractivity contribution in [3.63, 3.8) is 0 Å². The maximum atomic E-state index is 5.66. The van der Waals surface area contributed by atoms with Crippen molar-refractivity contribution in [2.45, 2.75) is 0 Å². The summed E-state index contributed by atoms with van der Waals surface area (Å²) in [4.78, 5) is 11.2. The molecule has 0 amide bonds. The summed E-state index contributed by atoms with van der Waals surface area (Å²) in [6, 6.07) is 200. The fourth-order valence-electron chi connectivity index (χ4n) is 21.9. The van der Waals surface area contributed by atoms with Crippen LogP contribution in [-0.4, -0.2) is 44.4 Å². The van der Waals surface area contributed by atoms with Gasteiger partial charge in [0.1, 0.15) is 11.6 Å². The molecule has 648 valence electrons. The van der Waals surface area contributed by atoms with Gasteiger partial charge in [0.15, 0.2) is 16.1 Å². The quantitative estimate of drug-likeness (QED) is 0.0635. The first-order valence-electron chi connectivity index (χ1n) is 47.4. The van der Waals surface area contributed by atoms with Crippen LogP contribution in [0.25, 0.3) is 177 Å². The summed E-state index contributed by atoms with van der Waals surface area (Å²) in [5.74, 6) is 1.76. The van der Waals surface area contributed by atoms with Crippen LogP contribution in [0.4, 0.5) is 0 Å². The van der Waals surface area contributed by atoms with Crippen molar-refractivity contribution in [3.05, 3.63) is 546 Å². The standard InChI is InChI=1S/2C65H45N3Si/c1-6-21-46(22-7-1)50-44-60(49-23-20-32-55(41-49)69(52-26-10-3-11-27-52,53-28-12-4-13-29-53)54-30-14-5-15-31-54)66-65(45-50)68-62-36-19-17-34-57(62)59-43-48(38-40-64(59)68)47-37-39-63-58(42-47)56-33-16-18-35-61(56)67(63)51-24-8-2-9-25-51;1-6-21-46(22-7-1)60-44-50(47-23-20-32-55(41-47)69(52-26-10-3-11-27-52,53-28-12-4-13-29-53)54-30-14-5-15-31-54)45-65(66-60)68-62-36-19-17-34-57(62)59-43-49(38-40-64(59)68)48-37-39-63-58(42-48)56-33-16-18-35-61(56)67(63)51-24-8-2-9-25-51/h2*1-45H. The molecule has 0 aliphatic carbocycles. The first-order valence-corrected chi connectivity index (χ1v) is 51.4. The van der Waals surface area contributed by atoms with Crippen molar-refractivity contribution in [3.8, 4) is 90.0 Å². The lowest BCUT2D eigenvalue weighted by atomic mass is 10.0. The van der Waals surface area contributed by atoms with E-state index in [1.807, 2.05) is 0 Å². The van der Waals surface area contributed by atoms with E-state index in [1.54, 1.807) is 0 Å². The van der Waals surface area contributed by atoms with Gasteiger partial charge in [-0.1, -0.05) is 425 Å². The van der Waals surface area contributed by atoms with Crippen LogP contribution in [0.2, 0.25) is 0 Å². The molecule has 20 aromatic carbocycles. The first-order chi connectivity index (χ1) is 68.4.